The molecule has 1 atom stereocenters. The number of aromatic nitrogens is 1. The van der Waals surface area contributed by atoms with Crippen LogP contribution in [0.1, 0.15) is 24.3 Å². The molecule has 3 rings (SSSR count). The van der Waals surface area contributed by atoms with Crippen LogP contribution in [0, 0.1) is 0 Å². The van der Waals surface area contributed by atoms with E-state index in [1.807, 2.05) is 37.3 Å². The van der Waals surface area contributed by atoms with Crippen molar-refractivity contribution in [2.24, 2.45) is 4.99 Å². The van der Waals surface area contributed by atoms with Crippen LogP contribution >= 0.6 is 24.0 Å². The third kappa shape index (κ3) is 7.16. The summed E-state index contributed by atoms with van der Waals surface area (Å²) in [6.45, 7) is 5.15. The van der Waals surface area contributed by atoms with E-state index >= 15 is 0 Å². The number of rotatable bonds is 8. The fourth-order valence-corrected chi connectivity index (χ4v) is 4.77. The minimum atomic E-state index is -3.43. The van der Waals surface area contributed by atoms with Crippen molar-refractivity contribution >= 4 is 40.0 Å². The Balaban J connectivity index is 0.00000341. The summed E-state index contributed by atoms with van der Waals surface area (Å²) in [7, 11) is -1.75. The first-order valence-electron chi connectivity index (χ1n) is 10.0. The Morgan fingerprint density at radius 3 is 2.52 bits per heavy atom. The van der Waals surface area contributed by atoms with Gasteiger partial charge in [-0.15, -0.1) is 24.0 Å². The first kappa shape index (κ1) is 25.6. The number of ether oxygens (including phenoxy) is 1. The van der Waals surface area contributed by atoms with Crippen molar-refractivity contribution < 1.29 is 17.7 Å². The molecule has 2 heterocycles. The Hall–Kier alpha value is -1.70. The Morgan fingerprint density at radius 2 is 1.94 bits per heavy atom. The molecular weight excluding hydrogens is 533 g/mol. The molecular formula is C20H30IN5O4S. The van der Waals surface area contributed by atoms with Gasteiger partial charge in [-0.25, -0.2) is 8.42 Å². The molecule has 1 saturated heterocycles. The highest BCUT2D eigenvalue weighted by Gasteiger charge is 2.29. The monoisotopic (exact) mass is 563 g/mol. The number of nitrogens with zero attached hydrogens (tertiary/aromatic N) is 4. The second-order valence-corrected chi connectivity index (χ2v) is 8.93. The van der Waals surface area contributed by atoms with Gasteiger partial charge in [-0.3, -0.25) is 4.99 Å². The Kier molecular flexibility index (Phi) is 10.2. The smallest absolute Gasteiger partial charge is 0.220 e. The number of piperazine rings is 1. The summed E-state index contributed by atoms with van der Waals surface area (Å²) in [5, 5.41) is 7.01. The maximum atomic E-state index is 12.6. The molecule has 1 aromatic heterocycles. The Morgan fingerprint density at radius 1 is 1.23 bits per heavy atom. The average molecular weight is 563 g/mol. The van der Waals surface area contributed by atoms with Crippen molar-refractivity contribution in [3.05, 3.63) is 53.9 Å². The lowest BCUT2D eigenvalue weighted by molar-refractivity contribution is 0.110. The van der Waals surface area contributed by atoms with E-state index in [1.165, 1.54) is 10.6 Å². The van der Waals surface area contributed by atoms with Crippen molar-refractivity contribution in [2.45, 2.75) is 18.8 Å². The first-order valence-corrected chi connectivity index (χ1v) is 11.6. The van der Waals surface area contributed by atoms with Crippen molar-refractivity contribution in [1.82, 2.24) is 19.7 Å². The van der Waals surface area contributed by atoms with Crippen LogP contribution in [0.2, 0.25) is 0 Å². The van der Waals surface area contributed by atoms with Gasteiger partial charge in [0, 0.05) is 45.9 Å². The van der Waals surface area contributed by atoms with E-state index in [-0.39, 0.29) is 35.8 Å². The highest BCUT2D eigenvalue weighted by Crippen LogP contribution is 2.17. The molecule has 1 unspecified atom stereocenters. The normalized spacial score (nSPS) is 16.6. The van der Waals surface area contributed by atoms with Crippen molar-refractivity contribution in [2.75, 3.05) is 46.4 Å². The molecule has 0 bridgehead atoms. The van der Waals surface area contributed by atoms with Crippen LogP contribution < -0.4 is 5.32 Å². The third-order valence-corrected chi connectivity index (χ3v) is 6.76. The molecule has 172 valence electrons. The largest absolute Gasteiger partial charge is 0.375 e. The summed E-state index contributed by atoms with van der Waals surface area (Å²) in [5.74, 6) is 0.619. The fraction of sp³-hybridized carbons (Fsp3) is 0.500. The predicted octanol–water partition coefficient (Wildman–Crippen LogP) is 2.09. The average Bonchev–Trinajstić information content (AvgIpc) is 3.26. The molecule has 0 amide bonds. The van der Waals surface area contributed by atoms with Gasteiger partial charge < -0.3 is 19.5 Å². The lowest BCUT2D eigenvalue weighted by Crippen LogP contribution is -2.54. The molecule has 0 spiro atoms. The van der Waals surface area contributed by atoms with Gasteiger partial charge in [-0.05, 0) is 12.5 Å². The van der Waals surface area contributed by atoms with Crippen LogP contribution in [-0.2, 0) is 20.5 Å². The molecule has 1 aromatic carbocycles. The van der Waals surface area contributed by atoms with Crippen molar-refractivity contribution in [1.29, 1.82) is 0 Å². The van der Waals surface area contributed by atoms with Crippen molar-refractivity contribution in [3.63, 3.8) is 0 Å². The summed E-state index contributed by atoms with van der Waals surface area (Å²) in [5.41, 5.74) is 1.49. The van der Waals surface area contributed by atoms with Crippen molar-refractivity contribution in [3.8, 4) is 0 Å². The van der Waals surface area contributed by atoms with E-state index in [9.17, 15) is 8.42 Å². The summed E-state index contributed by atoms with van der Waals surface area (Å²) in [4.78, 5) is 6.84. The topological polar surface area (TPSA) is 100 Å². The van der Waals surface area contributed by atoms with Crippen LogP contribution in [-0.4, -0.2) is 75.1 Å². The summed E-state index contributed by atoms with van der Waals surface area (Å²) >= 11 is 0. The van der Waals surface area contributed by atoms with E-state index in [0.29, 0.717) is 38.4 Å². The highest BCUT2D eigenvalue weighted by molar-refractivity contribution is 14.0. The maximum Gasteiger partial charge on any atom is 0.220 e. The number of guanidine groups is 1. The van der Waals surface area contributed by atoms with E-state index < -0.39 is 10.0 Å². The van der Waals surface area contributed by atoms with Gasteiger partial charge in [0.15, 0.2) is 5.96 Å². The lowest BCUT2D eigenvalue weighted by atomic mass is 10.1. The zero-order valence-corrected chi connectivity index (χ0v) is 21.0. The summed E-state index contributed by atoms with van der Waals surface area (Å²) in [6, 6.07) is 11.6. The third-order valence-electron chi connectivity index (χ3n) is 4.95. The lowest BCUT2D eigenvalue weighted by Gasteiger charge is -2.35. The molecule has 31 heavy (non-hydrogen) atoms. The zero-order chi connectivity index (χ0) is 21.4. The Bertz CT molecular complexity index is 901. The minimum absolute atomic E-state index is 0. The maximum absolute atomic E-state index is 12.6. The number of hydrogen-bond acceptors (Lipinski definition) is 6. The molecule has 1 fully saturated rings. The van der Waals surface area contributed by atoms with E-state index in [2.05, 4.69) is 15.4 Å². The molecule has 1 N–H and O–H groups in total. The van der Waals surface area contributed by atoms with Crippen LogP contribution in [0.15, 0.2) is 52.2 Å². The predicted molar refractivity (Wildman–Crippen MR) is 130 cm³/mol. The number of nitrogens with one attached hydrogen (secondary N) is 1. The molecule has 2 aromatic rings. The molecule has 1 aliphatic rings. The molecule has 0 saturated carbocycles. The summed E-state index contributed by atoms with van der Waals surface area (Å²) in [6.07, 6.45) is 1.24. The minimum Gasteiger partial charge on any atom is -0.375 e. The SMILES string of the molecule is CCNC(=NCC(OC)c1ccccc1)N1CCN(S(=O)(=O)Cc2ccon2)CC1.I. The standard InChI is InChI=1S/C20H29N5O4S.HI/c1-3-21-20(22-15-19(28-2)17-7-5-4-6-8-17)24-10-12-25(13-11-24)30(26,27)16-18-9-14-29-23-18;/h4-9,14,19H,3,10-13,15-16H2,1-2H3,(H,21,22);1H. The number of methoxy groups -OCH3 is 1. The molecule has 0 aliphatic carbocycles. The summed E-state index contributed by atoms with van der Waals surface area (Å²) < 4.78 is 37.1. The van der Waals surface area contributed by atoms with Crippen LogP contribution in [0.4, 0.5) is 0 Å². The number of benzene rings is 1. The zero-order valence-electron chi connectivity index (χ0n) is 17.8. The fourth-order valence-electron chi connectivity index (χ4n) is 3.35. The number of aliphatic imine (C=N–C) groups is 1. The van der Waals surface area contributed by atoms with E-state index in [4.69, 9.17) is 14.3 Å². The first-order chi connectivity index (χ1) is 14.5. The van der Waals surface area contributed by atoms with Crippen LogP contribution in [0.3, 0.4) is 0 Å². The van der Waals surface area contributed by atoms with Crippen LogP contribution in [0.5, 0.6) is 0 Å². The van der Waals surface area contributed by atoms with E-state index in [1.54, 1.807) is 13.2 Å². The van der Waals surface area contributed by atoms with Gasteiger partial charge in [0.25, 0.3) is 0 Å². The highest BCUT2D eigenvalue weighted by atomic mass is 127. The molecule has 0 radical (unpaired) electrons. The van der Waals surface area contributed by atoms with E-state index in [0.717, 1.165) is 18.1 Å². The molecule has 9 nitrogen and oxygen atoms in total. The van der Waals surface area contributed by atoms with Gasteiger partial charge >= 0.3 is 0 Å². The van der Waals surface area contributed by atoms with Gasteiger partial charge in [-0.2, -0.15) is 4.31 Å². The molecule has 11 heteroatoms. The molecule has 1 aliphatic heterocycles. The number of halogens is 1. The van der Waals surface area contributed by atoms with Gasteiger partial charge in [0.1, 0.15) is 18.1 Å². The second-order valence-electron chi connectivity index (χ2n) is 6.96. The van der Waals surface area contributed by atoms with Gasteiger partial charge in [0.05, 0.1) is 12.2 Å². The van der Waals surface area contributed by atoms with Crippen LogP contribution in [0.25, 0.3) is 0 Å². The Labute approximate surface area is 200 Å². The quantitative estimate of drug-likeness (QED) is 0.298. The van der Waals surface area contributed by atoms with Gasteiger partial charge in [-0.1, -0.05) is 35.5 Å². The number of hydrogen-bond donors (Lipinski definition) is 1. The van der Waals surface area contributed by atoms with Gasteiger partial charge in [0.2, 0.25) is 10.0 Å². The second kappa shape index (κ2) is 12.4. The number of sulfonamides is 1.